The van der Waals surface area contributed by atoms with E-state index in [1.165, 1.54) is 0 Å². The van der Waals surface area contributed by atoms with Crippen molar-refractivity contribution in [2.45, 2.75) is 5.66 Å². The van der Waals surface area contributed by atoms with E-state index in [1.54, 1.807) is 0 Å². The van der Waals surface area contributed by atoms with Crippen LogP contribution < -0.4 is 10.6 Å². The number of hydrogen-bond donors (Lipinski definition) is 2. The van der Waals surface area contributed by atoms with E-state index in [9.17, 15) is 14.4 Å². The van der Waals surface area contributed by atoms with Crippen molar-refractivity contribution in [2.75, 3.05) is 13.3 Å². The van der Waals surface area contributed by atoms with Crippen molar-refractivity contribution in [3.8, 4) is 0 Å². The molecule has 1 saturated heterocycles. The quantitative estimate of drug-likeness (QED) is 0.367. The molecule has 0 saturated carbocycles. The lowest BCUT2D eigenvalue weighted by atomic mass is 10.2. The van der Waals surface area contributed by atoms with Gasteiger partial charge < -0.3 is 4.90 Å². The lowest BCUT2D eigenvalue weighted by Crippen LogP contribution is -2.69. The van der Waals surface area contributed by atoms with Gasteiger partial charge in [-0.15, -0.1) is 0 Å². The van der Waals surface area contributed by atoms with Gasteiger partial charge in [0.25, 0.3) is 0 Å². The molecule has 1 amide bonds. The lowest BCUT2D eigenvalue weighted by Gasteiger charge is -2.37. The van der Waals surface area contributed by atoms with E-state index in [2.05, 4.69) is 10.6 Å². The van der Waals surface area contributed by atoms with Gasteiger partial charge in [-0.3, -0.25) is 25.0 Å². The standard InChI is InChI=1S/C6H9N3O3/c10-1-6(2-11)8-3-7-4-9(6)5-12/h1-2,5,7-8H,3-4H2. The molecule has 12 heavy (non-hydrogen) atoms. The largest absolute Gasteiger partial charge is 0.301 e. The second kappa shape index (κ2) is 3.42. The summed E-state index contributed by atoms with van der Waals surface area (Å²) < 4.78 is 0. The molecule has 2 N–H and O–H groups in total. The van der Waals surface area contributed by atoms with Crippen LogP contribution >= 0.6 is 0 Å². The van der Waals surface area contributed by atoms with E-state index in [0.717, 1.165) is 4.90 Å². The summed E-state index contributed by atoms with van der Waals surface area (Å²) in [4.78, 5) is 32.6. The van der Waals surface area contributed by atoms with Crippen LogP contribution in [0.4, 0.5) is 0 Å². The highest BCUT2D eigenvalue weighted by molar-refractivity contribution is 5.91. The Morgan fingerprint density at radius 1 is 1.25 bits per heavy atom. The van der Waals surface area contributed by atoms with Gasteiger partial charge in [-0.2, -0.15) is 0 Å². The van der Waals surface area contributed by atoms with Crippen LogP contribution in [0.1, 0.15) is 0 Å². The number of amides is 1. The van der Waals surface area contributed by atoms with Crippen molar-refractivity contribution in [1.82, 2.24) is 15.5 Å². The van der Waals surface area contributed by atoms with Crippen molar-refractivity contribution in [3.63, 3.8) is 0 Å². The van der Waals surface area contributed by atoms with Crippen LogP contribution in [0.15, 0.2) is 0 Å². The average Bonchev–Trinajstić information content (AvgIpc) is 2.17. The summed E-state index contributed by atoms with van der Waals surface area (Å²) >= 11 is 0. The first-order valence-corrected chi connectivity index (χ1v) is 3.39. The molecule has 0 radical (unpaired) electrons. The summed E-state index contributed by atoms with van der Waals surface area (Å²) in [5.74, 6) is 0. The second-order valence-corrected chi connectivity index (χ2v) is 2.40. The van der Waals surface area contributed by atoms with Gasteiger partial charge in [0, 0.05) is 6.67 Å². The smallest absolute Gasteiger partial charge is 0.212 e. The van der Waals surface area contributed by atoms with Gasteiger partial charge in [0.15, 0.2) is 12.6 Å². The monoisotopic (exact) mass is 171 g/mol. The van der Waals surface area contributed by atoms with Gasteiger partial charge in [0.05, 0.1) is 6.67 Å². The minimum Gasteiger partial charge on any atom is -0.301 e. The van der Waals surface area contributed by atoms with E-state index in [-0.39, 0.29) is 6.67 Å². The molecule has 1 fully saturated rings. The van der Waals surface area contributed by atoms with E-state index in [0.29, 0.717) is 25.7 Å². The number of nitrogens with one attached hydrogen (secondary N) is 2. The fourth-order valence-electron chi connectivity index (χ4n) is 0.984. The molecule has 0 aliphatic carbocycles. The summed E-state index contributed by atoms with van der Waals surface area (Å²) in [6.45, 7) is 0.510. The Bertz CT molecular complexity index is 198. The van der Waals surface area contributed by atoms with Crippen LogP contribution in [-0.2, 0) is 14.4 Å². The van der Waals surface area contributed by atoms with Crippen LogP contribution in [0.5, 0.6) is 0 Å². The Balaban J connectivity index is 2.86. The van der Waals surface area contributed by atoms with Crippen LogP contribution in [0.2, 0.25) is 0 Å². The minimum absolute atomic E-state index is 0.188. The van der Waals surface area contributed by atoms with Gasteiger partial charge in [0.1, 0.15) is 0 Å². The predicted molar refractivity (Wildman–Crippen MR) is 38.8 cm³/mol. The van der Waals surface area contributed by atoms with Crippen LogP contribution in [0, 0.1) is 0 Å². The Labute approximate surface area is 68.9 Å². The molecule has 0 atom stereocenters. The number of aldehydes is 2. The van der Waals surface area contributed by atoms with Gasteiger partial charge in [0.2, 0.25) is 12.1 Å². The van der Waals surface area contributed by atoms with Gasteiger partial charge in [-0.25, -0.2) is 0 Å². The Hall–Kier alpha value is -1.27. The SMILES string of the molecule is O=CN1CNCNC1(C=O)C=O. The maximum Gasteiger partial charge on any atom is 0.212 e. The van der Waals surface area contributed by atoms with Crippen LogP contribution in [-0.4, -0.2) is 42.9 Å². The zero-order chi connectivity index (χ0) is 9.03. The summed E-state index contributed by atoms with van der Waals surface area (Å²) in [7, 11) is 0. The molecule has 6 heteroatoms. The van der Waals surface area contributed by atoms with Crippen molar-refractivity contribution in [1.29, 1.82) is 0 Å². The molecule has 6 nitrogen and oxygen atoms in total. The number of rotatable bonds is 3. The molecule has 0 aromatic carbocycles. The first kappa shape index (κ1) is 8.82. The molecule has 0 aromatic heterocycles. The third-order valence-corrected chi connectivity index (χ3v) is 1.74. The Morgan fingerprint density at radius 2 is 1.92 bits per heavy atom. The minimum atomic E-state index is -1.48. The molecular formula is C6H9N3O3. The summed E-state index contributed by atoms with van der Waals surface area (Å²) in [6.07, 6.45) is 1.27. The third kappa shape index (κ3) is 1.21. The zero-order valence-electron chi connectivity index (χ0n) is 6.32. The highest BCUT2D eigenvalue weighted by Crippen LogP contribution is 2.05. The van der Waals surface area contributed by atoms with E-state index >= 15 is 0 Å². The highest BCUT2D eigenvalue weighted by atomic mass is 16.2. The maximum atomic E-state index is 10.6. The summed E-state index contributed by atoms with van der Waals surface area (Å²) in [5, 5.41) is 5.36. The Kier molecular flexibility index (Phi) is 2.51. The summed E-state index contributed by atoms with van der Waals surface area (Å²) in [6, 6.07) is 0. The molecule has 0 bridgehead atoms. The third-order valence-electron chi connectivity index (χ3n) is 1.74. The molecule has 1 rings (SSSR count). The van der Waals surface area contributed by atoms with Crippen molar-refractivity contribution >= 4 is 19.0 Å². The number of carbonyl (C=O) groups excluding carboxylic acids is 3. The molecule has 1 aliphatic rings. The fourth-order valence-corrected chi connectivity index (χ4v) is 0.984. The van der Waals surface area contributed by atoms with Gasteiger partial charge in [-0.05, 0) is 0 Å². The fraction of sp³-hybridized carbons (Fsp3) is 0.500. The topological polar surface area (TPSA) is 78.5 Å². The molecule has 1 heterocycles. The first-order valence-electron chi connectivity index (χ1n) is 3.39. The van der Waals surface area contributed by atoms with Crippen molar-refractivity contribution in [3.05, 3.63) is 0 Å². The number of nitrogens with zero attached hydrogens (tertiary/aromatic N) is 1. The normalized spacial score (nSPS) is 21.5. The van der Waals surface area contributed by atoms with Gasteiger partial charge in [-0.1, -0.05) is 0 Å². The Morgan fingerprint density at radius 3 is 2.33 bits per heavy atom. The van der Waals surface area contributed by atoms with Crippen molar-refractivity contribution < 1.29 is 14.4 Å². The van der Waals surface area contributed by atoms with E-state index < -0.39 is 5.66 Å². The van der Waals surface area contributed by atoms with Crippen LogP contribution in [0.25, 0.3) is 0 Å². The predicted octanol–water partition coefficient (Wildman–Crippen LogP) is -2.35. The number of hydrogen-bond acceptors (Lipinski definition) is 5. The molecule has 0 spiro atoms. The molecular weight excluding hydrogens is 162 g/mol. The number of carbonyl (C=O) groups is 3. The molecule has 0 aromatic rings. The average molecular weight is 171 g/mol. The van der Waals surface area contributed by atoms with Crippen molar-refractivity contribution in [2.24, 2.45) is 0 Å². The maximum absolute atomic E-state index is 10.6. The van der Waals surface area contributed by atoms with Crippen LogP contribution in [0.3, 0.4) is 0 Å². The highest BCUT2D eigenvalue weighted by Gasteiger charge is 2.37. The van der Waals surface area contributed by atoms with Gasteiger partial charge >= 0.3 is 0 Å². The molecule has 0 unspecified atom stereocenters. The summed E-state index contributed by atoms with van der Waals surface area (Å²) in [5.41, 5.74) is -1.48. The zero-order valence-corrected chi connectivity index (χ0v) is 6.32. The molecule has 66 valence electrons. The van der Waals surface area contributed by atoms with E-state index in [4.69, 9.17) is 0 Å². The lowest BCUT2D eigenvalue weighted by molar-refractivity contribution is -0.143. The second-order valence-electron chi connectivity index (χ2n) is 2.40. The van der Waals surface area contributed by atoms with E-state index in [1.807, 2.05) is 0 Å². The first-order chi connectivity index (χ1) is 5.79. The molecule has 1 aliphatic heterocycles.